The van der Waals surface area contributed by atoms with Crippen LogP contribution in [0, 0.1) is 5.92 Å². The van der Waals surface area contributed by atoms with Crippen molar-refractivity contribution in [3.63, 3.8) is 0 Å². The first-order chi connectivity index (χ1) is 5.74. The molecular weight excluding hydrogens is 146 g/mol. The van der Waals surface area contributed by atoms with Gasteiger partial charge in [0.1, 0.15) is 0 Å². The summed E-state index contributed by atoms with van der Waals surface area (Å²) in [4.78, 5) is 0. The molecule has 1 heteroatoms. The summed E-state index contributed by atoms with van der Waals surface area (Å²) in [6.45, 7) is 6.53. The number of rotatable bonds is 1. The van der Waals surface area contributed by atoms with Gasteiger partial charge in [0.15, 0.2) is 0 Å². The normalized spacial score (nSPS) is 29.0. The molecule has 0 amide bonds. The van der Waals surface area contributed by atoms with Crippen molar-refractivity contribution in [2.24, 2.45) is 11.7 Å². The summed E-state index contributed by atoms with van der Waals surface area (Å²) in [5, 5.41) is 0. The molecule has 0 radical (unpaired) electrons. The molecule has 0 saturated heterocycles. The van der Waals surface area contributed by atoms with Gasteiger partial charge in [0.2, 0.25) is 0 Å². The molecule has 0 unspecified atom stereocenters. The molecule has 0 aliphatic heterocycles. The fourth-order valence-electron chi connectivity index (χ4n) is 1.60. The lowest BCUT2D eigenvalue weighted by Gasteiger charge is -2.24. The van der Waals surface area contributed by atoms with Gasteiger partial charge in [0, 0.05) is 6.04 Å². The van der Waals surface area contributed by atoms with E-state index < -0.39 is 0 Å². The fraction of sp³-hybridized carbons (Fsp3) is 1.00. The van der Waals surface area contributed by atoms with Gasteiger partial charge < -0.3 is 5.73 Å². The van der Waals surface area contributed by atoms with Gasteiger partial charge in [-0.25, -0.2) is 0 Å². The quantitative estimate of drug-likeness (QED) is 0.643. The predicted molar refractivity (Wildman–Crippen MR) is 56.2 cm³/mol. The monoisotopic (exact) mass is 171 g/mol. The Balaban J connectivity index is 0.000000354. The van der Waals surface area contributed by atoms with E-state index in [-0.39, 0.29) is 0 Å². The van der Waals surface area contributed by atoms with E-state index in [4.69, 9.17) is 5.73 Å². The molecule has 1 saturated carbocycles. The summed E-state index contributed by atoms with van der Waals surface area (Å²) in [6.07, 6.45) is 7.87. The van der Waals surface area contributed by atoms with Crippen LogP contribution in [0.2, 0.25) is 0 Å². The highest BCUT2D eigenvalue weighted by atomic mass is 14.6. The fourth-order valence-corrected chi connectivity index (χ4v) is 1.60. The van der Waals surface area contributed by atoms with Crippen molar-refractivity contribution < 1.29 is 0 Å². The molecular formula is C11H25N. The van der Waals surface area contributed by atoms with Crippen LogP contribution in [-0.4, -0.2) is 6.04 Å². The van der Waals surface area contributed by atoms with E-state index in [1.165, 1.54) is 38.5 Å². The Morgan fingerprint density at radius 3 is 1.75 bits per heavy atom. The van der Waals surface area contributed by atoms with E-state index in [2.05, 4.69) is 20.8 Å². The largest absolute Gasteiger partial charge is 0.328 e. The standard InChI is InChI=1S/C8H17N.C3H8/c1-2-7-3-5-8(9)6-4-7;1-3-2/h7-8H,2-6,9H2,1H3;3H2,1-2H3. The first-order valence-electron chi connectivity index (χ1n) is 5.50. The summed E-state index contributed by atoms with van der Waals surface area (Å²) in [5.41, 5.74) is 5.75. The smallest absolute Gasteiger partial charge is 0.00390 e. The second kappa shape index (κ2) is 7.60. The van der Waals surface area contributed by atoms with Crippen molar-refractivity contribution in [3.8, 4) is 0 Å². The van der Waals surface area contributed by atoms with E-state index in [0.29, 0.717) is 6.04 Å². The van der Waals surface area contributed by atoms with E-state index in [0.717, 1.165) is 5.92 Å². The third-order valence-corrected chi connectivity index (χ3v) is 2.47. The molecule has 0 atom stereocenters. The Hall–Kier alpha value is -0.0400. The number of nitrogens with two attached hydrogens (primary N) is 1. The minimum absolute atomic E-state index is 0.521. The molecule has 1 aliphatic carbocycles. The summed E-state index contributed by atoms with van der Waals surface area (Å²) in [7, 11) is 0. The Kier molecular flexibility index (Phi) is 7.58. The van der Waals surface area contributed by atoms with Gasteiger partial charge >= 0.3 is 0 Å². The van der Waals surface area contributed by atoms with E-state index in [1.54, 1.807) is 0 Å². The van der Waals surface area contributed by atoms with Crippen LogP contribution >= 0.6 is 0 Å². The maximum absolute atomic E-state index is 5.75. The summed E-state index contributed by atoms with van der Waals surface area (Å²) in [6, 6.07) is 0.521. The lowest BCUT2D eigenvalue weighted by atomic mass is 9.85. The highest BCUT2D eigenvalue weighted by molar-refractivity contribution is 4.72. The van der Waals surface area contributed by atoms with Crippen molar-refractivity contribution in [2.45, 2.75) is 65.3 Å². The van der Waals surface area contributed by atoms with Gasteiger partial charge in [-0.3, -0.25) is 0 Å². The maximum Gasteiger partial charge on any atom is 0.00390 e. The molecule has 1 nitrogen and oxygen atoms in total. The molecule has 12 heavy (non-hydrogen) atoms. The molecule has 1 aliphatic rings. The van der Waals surface area contributed by atoms with Crippen LogP contribution in [0.15, 0.2) is 0 Å². The first-order valence-corrected chi connectivity index (χ1v) is 5.50. The SMILES string of the molecule is CCC.CCC1CCC(N)CC1. The van der Waals surface area contributed by atoms with Gasteiger partial charge in [-0.1, -0.05) is 33.6 Å². The third-order valence-electron chi connectivity index (χ3n) is 2.47. The van der Waals surface area contributed by atoms with Gasteiger partial charge in [-0.05, 0) is 31.6 Å². The minimum Gasteiger partial charge on any atom is -0.328 e. The third kappa shape index (κ3) is 5.59. The van der Waals surface area contributed by atoms with Crippen molar-refractivity contribution in [1.82, 2.24) is 0 Å². The van der Waals surface area contributed by atoms with E-state index in [1.807, 2.05) is 0 Å². The topological polar surface area (TPSA) is 26.0 Å². The van der Waals surface area contributed by atoms with Crippen LogP contribution in [0.5, 0.6) is 0 Å². The highest BCUT2D eigenvalue weighted by Gasteiger charge is 2.15. The van der Waals surface area contributed by atoms with Gasteiger partial charge in [-0.2, -0.15) is 0 Å². The van der Waals surface area contributed by atoms with Gasteiger partial charge in [0.25, 0.3) is 0 Å². The van der Waals surface area contributed by atoms with Crippen LogP contribution in [0.3, 0.4) is 0 Å². The molecule has 0 heterocycles. The van der Waals surface area contributed by atoms with Crippen LogP contribution in [0.25, 0.3) is 0 Å². The van der Waals surface area contributed by atoms with Crippen LogP contribution in [0.4, 0.5) is 0 Å². The van der Waals surface area contributed by atoms with Crippen molar-refractivity contribution in [2.75, 3.05) is 0 Å². The lowest BCUT2D eigenvalue weighted by Crippen LogP contribution is -2.26. The first kappa shape index (κ1) is 12.0. The highest BCUT2D eigenvalue weighted by Crippen LogP contribution is 2.24. The zero-order valence-electron chi connectivity index (χ0n) is 8.97. The van der Waals surface area contributed by atoms with Crippen molar-refractivity contribution >= 4 is 0 Å². The second-order valence-electron chi connectivity index (χ2n) is 3.90. The second-order valence-corrected chi connectivity index (χ2v) is 3.90. The minimum atomic E-state index is 0.521. The molecule has 0 spiro atoms. The Labute approximate surface area is 77.7 Å². The zero-order chi connectivity index (χ0) is 9.40. The molecule has 74 valence electrons. The van der Waals surface area contributed by atoms with Crippen molar-refractivity contribution in [3.05, 3.63) is 0 Å². The average Bonchev–Trinajstić information content (AvgIpc) is 2.07. The molecule has 0 aromatic carbocycles. The number of hydrogen-bond donors (Lipinski definition) is 1. The Morgan fingerprint density at radius 1 is 1.00 bits per heavy atom. The molecule has 1 rings (SSSR count). The summed E-state index contributed by atoms with van der Waals surface area (Å²) < 4.78 is 0. The van der Waals surface area contributed by atoms with Crippen LogP contribution in [-0.2, 0) is 0 Å². The molecule has 0 aromatic rings. The number of hydrogen-bond acceptors (Lipinski definition) is 1. The molecule has 0 aromatic heterocycles. The zero-order valence-corrected chi connectivity index (χ0v) is 8.97. The maximum atomic E-state index is 5.75. The van der Waals surface area contributed by atoms with Crippen molar-refractivity contribution in [1.29, 1.82) is 0 Å². The van der Waals surface area contributed by atoms with E-state index in [9.17, 15) is 0 Å². The molecule has 0 bridgehead atoms. The lowest BCUT2D eigenvalue weighted by molar-refractivity contribution is 0.319. The Bertz CT molecular complexity index is 83.0. The van der Waals surface area contributed by atoms with Crippen LogP contribution < -0.4 is 5.73 Å². The van der Waals surface area contributed by atoms with Gasteiger partial charge in [0.05, 0.1) is 0 Å². The Morgan fingerprint density at radius 2 is 1.42 bits per heavy atom. The molecule has 2 N–H and O–H groups in total. The molecule has 1 fully saturated rings. The van der Waals surface area contributed by atoms with Gasteiger partial charge in [-0.15, -0.1) is 0 Å². The average molecular weight is 171 g/mol. The van der Waals surface area contributed by atoms with E-state index >= 15 is 0 Å². The van der Waals surface area contributed by atoms with Crippen LogP contribution in [0.1, 0.15) is 59.3 Å². The predicted octanol–water partition coefficient (Wildman–Crippen LogP) is 3.33. The summed E-state index contributed by atoms with van der Waals surface area (Å²) >= 11 is 0. The summed E-state index contributed by atoms with van der Waals surface area (Å²) in [5.74, 6) is 0.991.